The minimum absolute atomic E-state index is 0.157. The first-order chi connectivity index (χ1) is 8.56. The van der Waals surface area contributed by atoms with Crippen molar-refractivity contribution in [2.45, 2.75) is 19.9 Å². The van der Waals surface area contributed by atoms with Crippen LogP contribution in [0, 0.1) is 0 Å². The van der Waals surface area contributed by atoms with Crippen LogP contribution in [0.5, 0.6) is 0 Å². The summed E-state index contributed by atoms with van der Waals surface area (Å²) in [5.41, 5.74) is 7.14. The first-order valence-corrected chi connectivity index (χ1v) is 6.41. The number of hydrogen-bond donors (Lipinski definition) is 2. The minimum Gasteiger partial charge on any atom is -0.368 e. The number of para-hydroxylation sites is 1. The predicted molar refractivity (Wildman–Crippen MR) is 75.9 cm³/mol. The highest BCUT2D eigenvalue weighted by atomic mass is 35.5. The standard InChI is InChI=1S/C13H20ClN3O/c1-3-7-16-8-10-5-4-6-11(14)13(10)17(2)9-12(15)18/h4-6,16H,3,7-9H2,1-2H3,(H2,15,18). The SMILES string of the molecule is CCCNCc1cccc(Cl)c1N(C)CC(N)=O. The van der Waals surface area contributed by atoms with Crippen LogP contribution in [0.2, 0.25) is 5.02 Å². The van der Waals surface area contributed by atoms with E-state index in [4.69, 9.17) is 17.3 Å². The third-order valence-electron chi connectivity index (χ3n) is 2.59. The second-order valence-corrected chi connectivity index (χ2v) is 4.65. The molecule has 1 aromatic carbocycles. The van der Waals surface area contributed by atoms with Gasteiger partial charge in [0.25, 0.3) is 0 Å². The Balaban J connectivity index is 2.89. The van der Waals surface area contributed by atoms with Crippen molar-refractivity contribution in [2.75, 3.05) is 25.0 Å². The molecule has 0 spiro atoms. The Hall–Kier alpha value is -1.26. The van der Waals surface area contributed by atoms with Gasteiger partial charge in [-0.3, -0.25) is 4.79 Å². The summed E-state index contributed by atoms with van der Waals surface area (Å²) in [6.45, 7) is 3.95. The molecule has 0 aliphatic carbocycles. The summed E-state index contributed by atoms with van der Waals surface area (Å²) < 4.78 is 0. The Morgan fingerprint density at radius 2 is 2.22 bits per heavy atom. The molecule has 0 saturated carbocycles. The fourth-order valence-electron chi connectivity index (χ4n) is 1.84. The molecular formula is C13H20ClN3O. The summed E-state index contributed by atoms with van der Waals surface area (Å²) >= 11 is 6.20. The van der Waals surface area contributed by atoms with Crippen LogP contribution in [0.4, 0.5) is 5.69 Å². The molecule has 18 heavy (non-hydrogen) atoms. The second kappa shape index (κ2) is 7.24. The third-order valence-corrected chi connectivity index (χ3v) is 2.89. The Morgan fingerprint density at radius 1 is 1.50 bits per heavy atom. The highest BCUT2D eigenvalue weighted by Gasteiger charge is 2.12. The molecular weight excluding hydrogens is 250 g/mol. The summed E-state index contributed by atoms with van der Waals surface area (Å²) in [5, 5.41) is 3.96. The van der Waals surface area contributed by atoms with Crippen molar-refractivity contribution in [1.29, 1.82) is 0 Å². The van der Waals surface area contributed by atoms with Crippen LogP contribution in [0.25, 0.3) is 0 Å². The van der Waals surface area contributed by atoms with Crippen molar-refractivity contribution < 1.29 is 4.79 Å². The average Bonchev–Trinajstić information content (AvgIpc) is 2.28. The lowest BCUT2D eigenvalue weighted by Gasteiger charge is -2.22. The topological polar surface area (TPSA) is 58.4 Å². The maximum absolute atomic E-state index is 11.0. The van der Waals surface area contributed by atoms with Crippen LogP contribution >= 0.6 is 11.6 Å². The van der Waals surface area contributed by atoms with E-state index in [2.05, 4.69) is 12.2 Å². The fraction of sp³-hybridized carbons (Fsp3) is 0.462. The van der Waals surface area contributed by atoms with E-state index in [1.54, 1.807) is 4.90 Å². The van der Waals surface area contributed by atoms with Gasteiger partial charge in [0.2, 0.25) is 5.91 Å². The quantitative estimate of drug-likeness (QED) is 0.742. The van der Waals surface area contributed by atoms with Crippen molar-refractivity contribution in [2.24, 2.45) is 5.73 Å². The number of rotatable bonds is 7. The number of anilines is 1. The second-order valence-electron chi connectivity index (χ2n) is 4.25. The third kappa shape index (κ3) is 4.20. The first-order valence-electron chi connectivity index (χ1n) is 6.03. The zero-order valence-electron chi connectivity index (χ0n) is 10.9. The van der Waals surface area contributed by atoms with E-state index in [1.165, 1.54) is 0 Å². The molecule has 0 aliphatic rings. The Morgan fingerprint density at radius 3 is 2.83 bits per heavy atom. The Bertz CT molecular complexity index is 409. The number of hydrogen-bond acceptors (Lipinski definition) is 3. The summed E-state index contributed by atoms with van der Waals surface area (Å²) in [6.07, 6.45) is 1.08. The maximum Gasteiger partial charge on any atom is 0.236 e. The smallest absolute Gasteiger partial charge is 0.236 e. The molecule has 0 atom stereocenters. The van der Waals surface area contributed by atoms with E-state index >= 15 is 0 Å². The monoisotopic (exact) mass is 269 g/mol. The summed E-state index contributed by atoms with van der Waals surface area (Å²) in [5.74, 6) is -0.370. The van der Waals surface area contributed by atoms with Gasteiger partial charge in [0, 0.05) is 13.6 Å². The predicted octanol–water partition coefficient (Wildman–Crippen LogP) is 1.76. The normalized spacial score (nSPS) is 10.4. The number of carbonyl (C=O) groups excluding carboxylic acids is 1. The molecule has 0 aromatic heterocycles. The van der Waals surface area contributed by atoms with Gasteiger partial charge in [-0.1, -0.05) is 30.7 Å². The van der Waals surface area contributed by atoms with Gasteiger partial charge < -0.3 is 16.0 Å². The molecule has 0 heterocycles. The highest BCUT2D eigenvalue weighted by Crippen LogP contribution is 2.28. The number of benzene rings is 1. The molecule has 0 radical (unpaired) electrons. The van der Waals surface area contributed by atoms with Gasteiger partial charge >= 0.3 is 0 Å². The molecule has 0 fully saturated rings. The van der Waals surface area contributed by atoms with Gasteiger partial charge in [-0.2, -0.15) is 0 Å². The zero-order valence-corrected chi connectivity index (χ0v) is 11.6. The fourth-order valence-corrected chi connectivity index (χ4v) is 2.18. The first kappa shape index (κ1) is 14.8. The number of nitrogens with zero attached hydrogens (tertiary/aromatic N) is 1. The van der Waals surface area contributed by atoms with E-state index < -0.39 is 0 Å². The maximum atomic E-state index is 11.0. The molecule has 1 rings (SSSR count). The average molecular weight is 270 g/mol. The molecule has 1 amide bonds. The van der Waals surface area contributed by atoms with E-state index in [0.29, 0.717) is 5.02 Å². The van der Waals surface area contributed by atoms with Crippen molar-refractivity contribution in [1.82, 2.24) is 5.32 Å². The van der Waals surface area contributed by atoms with Gasteiger partial charge in [-0.15, -0.1) is 0 Å². The number of halogens is 1. The van der Waals surface area contributed by atoms with Crippen LogP contribution in [0.1, 0.15) is 18.9 Å². The van der Waals surface area contributed by atoms with E-state index in [-0.39, 0.29) is 12.5 Å². The van der Waals surface area contributed by atoms with Gasteiger partial charge in [0.05, 0.1) is 17.3 Å². The van der Waals surface area contributed by atoms with Gasteiger partial charge in [-0.25, -0.2) is 0 Å². The molecule has 3 N–H and O–H groups in total. The van der Waals surface area contributed by atoms with Gasteiger partial charge in [0.1, 0.15) is 0 Å². The summed E-state index contributed by atoms with van der Waals surface area (Å²) in [6, 6.07) is 5.73. The lowest BCUT2D eigenvalue weighted by atomic mass is 10.1. The molecule has 4 nitrogen and oxygen atoms in total. The van der Waals surface area contributed by atoms with E-state index in [9.17, 15) is 4.79 Å². The largest absolute Gasteiger partial charge is 0.368 e. The van der Waals surface area contributed by atoms with Gasteiger partial charge in [0.15, 0.2) is 0 Å². The Labute approximate surface area is 113 Å². The van der Waals surface area contributed by atoms with Crippen molar-refractivity contribution >= 4 is 23.2 Å². The van der Waals surface area contributed by atoms with Gasteiger partial charge in [-0.05, 0) is 24.6 Å². The summed E-state index contributed by atoms with van der Waals surface area (Å²) in [7, 11) is 1.81. The molecule has 5 heteroatoms. The van der Waals surface area contributed by atoms with Crippen LogP contribution in [0.15, 0.2) is 18.2 Å². The minimum atomic E-state index is -0.370. The van der Waals surface area contributed by atoms with Crippen LogP contribution in [-0.4, -0.2) is 26.0 Å². The van der Waals surface area contributed by atoms with Crippen LogP contribution in [-0.2, 0) is 11.3 Å². The van der Waals surface area contributed by atoms with Crippen molar-refractivity contribution in [3.63, 3.8) is 0 Å². The number of primary amides is 1. The number of nitrogens with one attached hydrogen (secondary N) is 1. The highest BCUT2D eigenvalue weighted by molar-refractivity contribution is 6.33. The van der Waals surface area contributed by atoms with Crippen molar-refractivity contribution in [3.8, 4) is 0 Å². The van der Waals surface area contributed by atoms with Crippen LogP contribution in [0.3, 0.4) is 0 Å². The van der Waals surface area contributed by atoms with E-state index in [1.807, 2.05) is 25.2 Å². The molecule has 0 unspecified atom stereocenters. The molecule has 1 aromatic rings. The lowest BCUT2D eigenvalue weighted by Crippen LogP contribution is -2.31. The number of likely N-dealkylation sites (N-methyl/N-ethyl adjacent to an activating group) is 1. The van der Waals surface area contributed by atoms with Crippen LogP contribution < -0.4 is 16.0 Å². The molecule has 0 aliphatic heterocycles. The number of carbonyl (C=O) groups is 1. The number of amides is 1. The molecule has 100 valence electrons. The lowest BCUT2D eigenvalue weighted by molar-refractivity contribution is -0.116. The number of nitrogens with two attached hydrogens (primary N) is 1. The summed E-state index contributed by atoms with van der Waals surface area (Å²) in [4.78, 5) is 12.8. The van der Waals surface area contributed by atoms with E-state index in [0.717, 1.165) is 30.8 Å². The molecule has 0 saturated heterocycles. The molecule has 0 bridgehead atoms. The Kier molecular flexibility index (Phi) is 5.95. The van der Waals surface area contributed by atoms with Crippen molar-refractivity contribution in [3.05, 3.63) is 28.8 Å². The zero-order chi connectivity index (χ0) is 13.5.